The monoisotopic (exact) mass is 979 g/mol. The Kier molecular flexibility index (Phi) is 22.5. The number of hydrogen-bond acceptors (Lipinski definition) is 7. The number of aromatic nitrogens is 2. The Morgan fingerprint density at radius 1 is 0.548 bits per heavy atom. The van der Waals surface area contributed by atoms with Gasteiger partial charge in [0.15, 0.2) is 0 Å². The molecule has 0 radical (unpaired) electrons. The van der Waals surface area contributed by atoms with Crippen LogP contribution in [0.1, 0.15) is 178 Å². The van der Waals surface area contributed by atoms with E-state index < -0.39 is 5.92 Å². The molecule has 340 valence electrons. The van der Waals surface area contributed by atoms with Crippen LogP contribution in [0.2, 0.25) is 0 Å². The first-order valence-corrected chi connectivity index (χ1v) is 22.5. The molecule has 3 aromatic carbocycles. The van der Waals surface area contributed by atoms with E-state index in [9.17, 15) is 10.2 Å². The molecule has 0 atom stereocenters. The van der Waals surface area contributed by atoms with Gasteiger partial charge in [0, 0.05) is 56.8 Å². The van der Waals surface area contributed by atoms with E-state index in [1.807, 2.05) is 56.3 Å². The Balaban J connectivity index is 0.000000456. The van der Waals surface area contributed by atoms with Crippen LogP contribution in [0.5, 0.6) is 17.2 Å². The molecule has 0 N–H and O–H groups in total. The minimum Gasteiger partial charge on any atom is -0.872 e. The van der Waals surface area contributed by atoms with Crippen LogP contribution in [0.25, 0.3) is 0 Å². The molecule has 3 fully saturated rings. The summed E-state index contributed by atoms with van der Waals surface area (Å²) in [4.78, 5) is 0. The maximum Gasteiger partial charge on any atom is 3.00 e. The first-order chi connectivity index (χ1) is 28.5. The minimum atomic E-state index is -0.576. The normalized spacial score (nSPS) is 15.2. The zero-order valence-electron chi connectivity index (χ0n) is 41.2. The van der Waals surface area contributed by atoms with Gasteiger partial charge in [-0.05, 0) is 107 Å². The van der Waals surface area contributed by atoms with E-state index >= 15 is 0 Å². The van der Waals surface area contributed by atoms with E-state index in [2.05, 4.69) is 105 Å². The number of methoxy groups -OCH3 is 1. The third kappa shape index (κ3) is 17.4. The van der Waals surface area contributed by atoms with Gasteiger partial charge in [0.2, 0.25) is 0 Å². The van der Waals surface area contributed by atoms with Crippen LogP contribution in [0.3, 0.4) is 0 Å². The Morgan fingerprint density at radius 3 is 1.16 bits per heavy atom. The Labute approximate surface area is 404 Å². The molecule has 0 amide bonds. The number of para-hydroxylation sites is 1. The number of benzene rings is 3. The van der Waals surface area contributed by atoms with E-state index in [-0.39, 0.29) is 68.8 Å². The SMILES string of the molecule is C1CCOC1.C1CCOC1.C1CCOC1.COc1ccccc1C(c1cc(C(C)(C)C)cc(C(C)(C)C)c1[O-])c1cc(C(C)(C)C)cc(C(C)(C)C)c1[O-].Cc1cc(C)[n-]n1.[La+3]. The molecule has 7 rings (SSSR count). The van der Waals surface area contributed by atoms with Crippen LogP contribution >= 0.6 is 0 Å². The molecule has 0 spiro atoms. The molecular formula is C53H79LaN2O6. The van der Waals surface area contributed by atoms with Gasteiger partial charge < -0.3 is 39.4 Å². The smallest absolute Gasteiger partial charge is 0.872 e. The van der Waals surface area contributed by atoms with Crippen LogP contribution in [-0.4, -0.2) is 51.8 Å². The zero-order chi connectivity index (χ0) is 45.6. The summed E-state index contributed by atoms with van der Waals surface area (Å²) in [5, 5.41) is 36.4. The summed E-state index contributed by atoms with van der Waals surface area (Å²) in [6, 6.07) is 17.9. The third-order valence-corrected chi connectivity index (χ3v) is 10.9. The molecule has 1 aromatic heterocycles. The number of ether oxygens (including phenoxy) is 4. The maximum atomic E-state index is 14.4. The number of nitrogens with zero attached hydrogens (tertiary/aromatic N) is 2. The van der Waals surface area contributed by atoms with Gasteiger partial charge in [0.05, 0.1) is 7.11 Å². The van der Waals surface area contributed by atoms with E-state index in [1.165, 1.54) is 38.5 Å². The average Bonchev–Trinajstić information content (AvgIpc) is 4.03. The molecule has 4 aromatic rings. The number of aryl methyl sites for hydroxylation is 2. The van der Waals surface area contributed by atoms with Crippen molar-refractivity contribution in [3.8, 4) is 17.2 Å². The fourth-order valence-electron chi connectivity index (χ4n) is 7.17. The number of hydrogen-bond donors (Lipinski definition) is 0. The van der Waals surface area contributed by atoms with Crippen LogP contribution in [-0.2, 0) is 35.9 Å². The quantitative estimate of drug-likeness (QED) is 0.186. The van der Waals surface area contributed by atoms with Crippen molar-refractivity contribution >= 4 is 0 Å². The van der Waals surface area contributed by atoms with E-state index in [0.29, 0.717) is 16.9 Å². The summed E-state index contributed by atoms with van der Waals surface area (Å²) in [5.41, 5.74) is 6.68. The predicted octanol–water partition coefficient (Wildman–Crippen LogP) is 11.3. The second-order valence-corrected chi connectivity index (χ2v) is 20.6. The largest absolute Gasteiger partial charge is 3.00 e. The second-order valence-electron chi connectivity index (χ2n) is 20.6. The van der Waals surface area contributed by atoms with E-state index in [1.54, 1.807) is 7.11 Å². The van der Waals surface area contributed by atoms with Gasteiger partial charge in [0.25, 0.3) is 0 Å². The van der Waals surface area contributed by atoms with Crippen molar-refractivity contribution < 1.29 is 64.8 Å². The molecule has 3 aliphatic heterocycles. The fraction of sp³-hybridized carbons (Fsp3) is 0.604. The minimum absolute atomic E-state index is 0. The summed E-state index contributed by atoms with van der Waals surface area (Å²) >= 11 is 0. The molecule has 8 nitrogen and oxygen atoms in total. The van der Waals surface area contributed by atoms with Crippen LogP contribution in [0, 0.1) is 49.4 Å². The van der Waals surface area contributed by atoms with Crippen molar-refractivity contribution in [1.29, 1.82) is 0 Å². The van der Waals surface area contributed by atoms with Gasteiger partial charge in [-0.15, -0.1) is 17.2 Å². The second kappa shape index (κ2) is 25.1. The van der Waals surface area contributed by atoms with Crippen molar-refractivity contribution in [2.24, 2.45) is 0 Å². The Hall–Kier alpha value is -2.66. The number of rotatable bonds is 4. The summed E-state index contributed by atoms with van der Waals surface area (Å²) < 4.78 is 20.7. The summed E-state index contributed by atoms with van der Waals surface area (Å²) in [7, 11) is 1.64. The molecule has 0 unspecified atom stereocenters. The molecule has 62 heavy (non-hydrogen) atoms. The van der Waals surface area contributed by atoms with Gasteiger partial charge in [-0.2, -0.15) is 0 Å². The zero-order valence-corrected chi connectivity index (χ0v) is 44.8. The average molecular weight is 979 g/mol. The Morgan fingerprint density at radius 2 is 0.919 bits per heavy atom. The summed E-state index contributed by atoms with van der Waals surface area (Å²) in [6.07, 6.45) is 7.67. The van der Waals surface area contributed by atoms with Crippen LogP contribution < -0.4 is 20.0 Å². The Bertz CT molecular complexity index is 1770. The van der Waals surface area contributed by atoms with Gasteiger partial charge in [-0.25, -0.2) is 0 Å². The standard InChI is InChI=1S/C36H50O3.C5H7N2.3C4H8O.La/c1-33(2,3)22-18-25(31(37)27(20-22)35(7,8)9)30(24-16-14-15-17-29(24)39-13)26-19-23(34(4,5)6)21-28(32(26)38)36(10,11)12;1-4-3-5(2)7-6-4;3*1-2-4-5-3-1;/h14-21,30,37-38H,1-13H3;3H,1-2H3;3*1-4H2;/q;-1;;;;+3/p-2. The summed E-state index contributed by atoms with van der Waals surface area (Å²) in [5.74, 6) is 0.0692. The molecule has 9 heteroatoms. The molecular weight excluding hydrogens is 899 g/mol. The molecule has 3 saturated heterocycles. The van der Waals surface area contributed by atoms with E-state index in [0.717, 1.165) is 78.8 Å². The maximum absolute atomic E-state index is 14.4. The summed E-state index contributed by atoms with van der Waals surface area (Å²) in [6.45, 7) is 35.3. The first-order valence-electron chi connectivity index (χ1n) is 22.5. The van der Waals surface area contributed by atoms with Crippen LogP contribution in [0.4, 0.5) is 0 Å². The van der Waals surface area contributed by atoms with Gasteiger partial charge in [-0.1, -0.05) is 139 Å². The van der Waals surface area contributed by atoms with Gasteiger partial charge in [-0.3, -0.25) is 0 Å². The fourth-order valence-corrected chi connectivity index (χ4v) is 7.17. The van der Waals surface area contributed by atoms with Crippen molar-refractivity contribution in [3.05, 3.63) is 105 Å². The van der Waals surface area contributed by atoms with Crippen molar-refractivity contribution in [2.75, 3.05) is 46.8 Å². The van der Waals surface area contributed by atoms with Gasteiger partial charge in [0.1, 0.15) is 5.75 Å². The van der Waals surface area contributed by atoms with Crippen molar-refractivity contribution in [3.63, 3.8) is 0 Å². The van der Waals surface area contributed by atoms with Gasteiger partial charge >= 0.3 is 35.6 Å². The molecule has 4 heterocycles. The third-order valence-electron chi connectivity index (χ3n) is 10.9. The molecule has 3 aliphatic rings. The topological polar surface area (TPSA) is 110 Å². The predicted molar refractivity (Wildman–Crippen MR) is 248 cm³/mol. The first kappa shape index (κ1) is 55.5. The molecule has 0 bridgehead atoms. The molecule has 0 aliphatic carbocycles. The van der Waals surface area contributed by atoms with E-state index in [4.69, 9.17) is 18.9 Å². The van der Waals surface area contributed by atoms with Crippen LogP contribution in [0.15, 0.2) is 54.6 Å². The molecule has 0 saturated carbocycles. The van der Waals surface area contributed by atoms with Crippen molar-refractivity contribution in [1.82, 2.24) is 10.2 Å². The van der Waals surface area contributed by atoms with Crippen molar-refractivity contribution in [2.45, 2.75) is 163 Å².